The predicted molar refractivity (Wildman–Crippen MR) is 72.2 cm³/mol. The highest BCUT2D eigenvalue weighted by Crippen LogP contribution is 2.27. The van der Waals surface area contributed by atoms with E-state index in [0.29, 0.717) is 23.1 Å². The lowest BCUT2D eigenvalue weighted by Crippen LogP contribution is -2.27. The number of nitrogen functional groups attached to an aromatic ring is 1. The van der Waals surface area contributed by atoms with Crippen molar-refractivity contribution < 1.29 is 4.79 Å². The number of nitrogens with one attached hydrogen (secondary N) is 1. The fraction of sp³-hybridized carbons (Fsp3) is 0.538. The second-order valence-electron chi connectivity index (χ2n) is 5.13. The van der Waals surface area contributed by atoms with Gasteiger partial charge in [0, 0.05) is 6.04 Å². The summed E-state index contributed by atoms with van der Waals surface area (Å²) in [5.41, 5.74) is 12.0. The van der Waals surface area contributed by atoms with Crippen molar-refractivity contribution in [3.8, 4) is 0 Å². The molecule has 0 bridgehead atoms. The molecule has 0 aliphatic heterocycles. The van der Waals surface area contributed by atoms with E-state index in [4.69, 9.17) is 11.5 Å². The average molecular weight is 248 g/mol. The molecule has 18 heavy (non-hydrogen) atoms. The summed E-state index contributed by atoms with van der Waals surface area (Å²) < 4.78 is 0. The van der Waals surface area contributed by atoms with Crippen molar-refractivity contribution in [2.24, 2.45) is 11.7 Å². The normalized spacial score (nSPS) is 23.6. The van der Waals surface area contributed by atoms with Gasteiger partial charge in [0.05, 0.1) is 17.4 Å². The first kappa shape index (κ1) is 12.7. The zero-order valence-electron chi connectivity index (χ0n) is 10.6. The molecule has 1 heterocycles. The Morgan fingerprint density at radius 1 is 1.50 bits per heavy atom. The maximum Gasteiger partial charge on any atom is 0.250 e. The summed E-state index contributed by atoms with van der Waals surface area (Å²) in [7, 11) is 0. The van der Waals surface area contributed by atoms with E-state index in [-0.39, 0.29) is 0 Å². The van der Waals surface area contributed by atoms with Crippen molar-refractivity contribution in [3.63, 3.8) is 0 Å². The van der Waals surface area contributed by atoms with Gasteiger partial charge < -0.3 is 16.8 Å². The Morgan fingerprint density at radius 2 is 2.28 bits per heavy atom. The van der Waals surface area contributed by atoms with Crippen LogP contribution in [0.25, 0.3) is 0 Å². The Balaban J connectivity index is 2.15. The monoisotopic (exact) mass is 248 g/mol. The Kier molecular flexibility index (Phi) is 3.69. The van der Waals surface area contributed by atoms with Gasteiger partial charge in [0.15, 0.2) is 0 Å². The molecule has 5 nitrogen and oxygen atoms in total. The zero-order chi connectivity index (χ0) is 13.1. The van der Waals surface area contributed by atoms with Gasteiger partial charge in [-0.3, -0.25) is 4.79 Å². The van der Waals surface area contributed by atoms with Gasteiger partial charge in [0.25, 0.3) is 5.91 Å². The number of rotatable bonds is 3. The van der Waals surface area contributed by atoms with Crippen molar-refractivity contribution >= 4 is 17.4 Å². The number of anilines is 2. The van der Waals surface area contributed by atoms with Crippen molar-refractivity contribution in [2.75, 3.05) is 11.1 Å². The van der Waals surface area contributed by atoms with Gasteiger partial charge in [0.2, 0.25) is 0 Å². The first-order valence-electron chi connectivity index (χ1n) is 6.38. The summed E-state index contributed by atoms with van der Waals surface area (Å²) >= 11 is 0. The maximum atomic E-state index is 11.4. The maximum absolute atomic E-state index is 11.4. The van der Waals surface area contributed by atoms with E-state index in [1.54, 1.807) is 6.20 Å². The fourth-order valence-electron chi connectivity index (χ4n) is 2.58. The van der Waals surface area contributed by atoms with E-state index in [0.717, 1.165) is 18.8 Å². The number of hydrogen-bond acceptors (Lipinski definition) is 4. The molecule has 2 unspecified atom stereocenters. The van der Waals surface area contributed by atoms with Crippen LogP contribution in [0.1, 0.15) is 43.0 Å². The number of hydrogen-bond donors (Lipinski definition) is 3. The third-order valence-corrected chi connectivity index (χ3v) is 3.49. The third kappa shape index (κ3) is 2.91. The molecule has 5 N–H and O–H groups in total. The molecule has 1 aromatic rings. The molecular formula is C13H20N4O. The van der Waals surface area contributed by atoms with Crippen LogP contribution in [0.2, 0.25) is 0 Å². The smallest absolute Gasteiger partial charge is 0.250 e. The number of carbonyl (C=O) groups excluding carboxylic acids is 1. The summed E-state index contributed by atoms with van der Waals surface area (Å²) in [6.07, 6.45) is 6.32. The highest BCUT2D eigenvalue weighted by molar-refractivity contribution is 5.99. The van der Waals surface area contributed by atoms with Gasteiger partial charge in [-0.25, -0.2) is 4.98 Å². The van der Waals surface area contributed by atoms with Crippen LogP contribution in [-0.4, -0.2) is 16.9 Å². The Hall–Kier alpha value is -1.78. The summed E-state index contributed by atoms with van der Waals surface area (Å²) in [6, 6.07) is 1.91. The van der Waals surface area contributed by atoms with Gasteiger partial charge in [0.1, 0.15) is 5.82 Å². The van der Waals surface area contributed by atoms with Gasteiger partial charge in [-0.2, -0.15) is 0 Å². The zero-order valence-corrected chi connectivity index (χ0v) is 10.6. The van der Waals surface area contributed by atoms with Crippen LogP contribution < -0.4 is 16.8 Å². The van der Waals surface area contributed by atoms with Crippen LogP contribution in [0.15, 0.2) is 12.3 Å². The number of primary amides is 1. The minimum Gasteiger partial charge on any atom is -0.384 e. The Bertz CT molecular complexity index is 447. The van der Waals surface area contributed by atoms with Gasteiger partial charge in [-0.15, -0.1) is 0 Å². The fourth-order valence-corrected chi connectivity index (χ4v) is 2.58. The number of aromatic nitrogens is 1. The third-order valence-electron chi connectivity index (χ3n) is 3.49. The second-order valence-corrected chi connectivity index (χ2v) is 5.13. The van der Waals surface area contributed by atoms with Crippen LogP contribution in [0.5, 0.6) is 0 Å². The molecule has 1 saturated carbocycles. The van der Waals surface area contributed by atoms with Crippen LogP contribution in [0.3, 0.4) is 0 Å². The lowest BCUT2D eigenvalue weighted by Gasteiger charge is -2.28. The lowest BCUT2D eigenvalue weighted by atomic mass is 9.87. The Morgan fingerprint density at radius 3 is 2.94 bits per heavy atom. The van der Waals surface area contributed by atoms with Gasteiger partial charge in [-0.1, -0.05) is 19.8 Å². The standard InChI is InChI=1S/C13H20N4O/c1-8-3-2-4-9(5-8)17-11-7-16-12(14)6-10(11)13(15)18/h6-9,17H,2-5H2,1H3,(H2,14,16)(H2,15,18). The highest BCUT2D eigenvalue weighted by Gasteiger charge is 2.20. The summed E-state index contributed by atoms with van der Waals surface area (Å²) in [4.78, 5) is 15.4. The minimum atomic E-state index is -0.476. The van der Waals surface area contributed by atoms with Gasteiger partial charge >= 0.3 is 0 Å². The second kappa shape index (κ2) is 5.25. The number of nitrogens with zero attached hydrogens (tertiary/aromatic N) is 1. The van der Waals surface area contributed by atoms with Gasteiger partial charge in [-0.05, 0) is 24.8 Å². The quantitative estimate of drug-likeness (QED) is 0.759. The predicted octanol–water partition coefficient (Wildman–Crippen LogP) is 1.75. The summed E-state index contributed by atoms with van der Waals surface area (Å²) in [5, 5.41) is 3.37. The van der Waals surface area contributed by atoms with E-state index in [2.05, 4.69) is 17.2 Å². The average Bonchev–Trinajstić information content (AvgIpc) is 2.31. The van der Waals surface area contributed by atoms with Crippen LogP contribution in [0, 0.1) is 5.92 Å². The first-order valence-corrected chi connectivity index (χ1v) is 6.38. The van der Waals surface area contributed by atoms with Crippen LogP contribution in [-0.2, 0) is 0 Å². The number of nitrogens with two attached hydrogens (primary N) is 2. The highest BCUT2D eigenvalue weighted by atomic mass is 16.1. The first-order chi connectivity index (χ1) is 8.56. The van der Waals surface area contributed by atoms with E-state index < -0.39 is 5.91 Å². The molecule has 0 radical (unpaired) electrons. The SMILES string of the molecule is CC1CCCC(Nc2cnc(N)cc2C(N)=O)C1. The van der Waals surface area contributed by atoms with Crippen molar-refractivity contribution in [3.05, 3.63) is 17.8 Å². The molecule has 2 rings (SSSR count). The summed E-state index contributed by atoms with van der Waals surface area (Å²) in [5.74, 6) is 0.553. The van der Waals surface area contributed by atoms with Crippen molar-refractivity contribution in [1.82, 2.24) is 4.98 Å². The molecule has 0 saturated heterocycles. The molecule has 0 spiro atoms. The van der Waals surface area contributed by atoms with E-state index in [1.165, 1.54) is 18.9 Å². The molecule has 1 aromatic heterocycles. The van der Waals surface area contributed by atoms with Crippen LogP contribution in [0.4, 0.5) is 11.5 Å². The molecule has 1 aliphatic rings. The number of pyridine rings is 1. The van der Waals surface area contributed by atoms with E-state index in [9.17, 15) is 4.79 Å². The van der Waals surface area contributed by atoms with Crippen molar-refractivity contribution in [1.29, 1.82) is 0 Å². The van der Waals surface area contributed by atoms with E-state index >= 15 is 0 Å². The molecule has 2 atom stereocenters. The summed E-state index contributed by atoms with van der Waals surface area (Å²) in [6.45, 7) is 2.25. The van der Waals surface area contributed by atoms with Crippen molar-refractivity contribution in [2.45, 2.75) is 38.6 Å². The molecule has 1 aliphatic carbocycles. The molecular weight excluding hydrogens is 228 g/mol. The number of amides is 1. The largest absolute Gasteiger partial charge is 0.384 e. The molecule has 1 fully saturated rings. The number of carbonyl (C=O) groups is 1. The Labute approximate surface area is 107 Å². The van der Waals surface area contributed by atoms with E-state index in [1.807, 2.05) is 0 Å². The molecule has 0 aromatic carbocycles. The molecule has 5 heteroatoms. The minimum absolute atomic E-state index is 0.311. The molecule has 98 valence electrons. The topological polar surface area (TPSA) is 94.0 Å². The molecule has 1 amide bonds. The lowest BCUT2D eigenvalue weighted by molar-refractivity contribution is 0.100. The van der Waals surface area contributed by atoms with Crippen LogP contribution >= 0.6 is 0 Å².